The SMILES string of the molecule is CCC1(C)CCN(c2cc(CO)cc(C(C)(C)C)n2)CC1. The fourth-order valence-corrected chi connectivity index (χ4v) is 2.84. The molecular weight excluding hydrogens is 260 g/mol. The van der Waals surface area contributed by atoms with Crippen molar-refractivity contribution in [3.05, 3.63) is 23.4 Å². The van der Waals surface area contributed by atoms with E-state index in [0.717, 1.165) is 30.2 Å². The lowest BCUT2D eigenvalue weighted by Gasteiger charge is -2.40. The van der Waals surface area contributed by atoms with Crippen molar-refractivity contribution < 1.29 is 5.11 Å². The second kappa shape index (κ2) is 5.96. The first-order valence-corrected chi connectivity index (χ1v) is 8.15. The molecule has 2 heterocycles. The highest BCUT2D eigenvalue weighted by molar-refractivity contribution is 5.44. The van der Waals surface area contributed by atoms with E-state index >= 15 is 0 Å². The molecule has 1 aliphatic heterocycles. The highest BCUT2D eigenvalue weighted by atomic mass is 16.3. The Labute approximate surface area is 129 Å². The first kappa shape index (κ1) is 16.3. The third kappa shape index (κ3) is 3.76. The maximum absolute atomic E-state index is 9.53. The quantitative estimate of drug-likeness (QED) is 0.917. The van der Waals surface area contributed by atoms with Crippen LogP contribution in [0.3, 0.4) is 0 Å². The van der Waals surface area contributed by atoms with Crippen molar-refractivity contribution in [3.63, 3.8) is 0 Å². The zero-order valence-corrected chi connectivity index (χ0v) is 14.2. The zero-order valence-electron chi connectivity index (χ0n) is 14.2. The smallest absolute Gasteiger partial charge is 0.129 e. The minimum absolute atomic E-state index is 0.00759. The molecule has 3 nitrogen and oxygen atoms in total. The van der Waals surface area contributed by atoms with E-state index in [2.05, 4.69) is 39.5 Å². The number of piperidine rings is 1. The average Bonchev–Trinajstić information content (AvgIpc) is 2.46. The van der Waals surface area contributed by atoms with Gasteiger partial charge in [-0.25, -0.2) is 4.98 Å². The Morgan fingerprint density at radius 2 is 1.86 bits per heavy atom. The van der Waals surface area contributed by atoms with Crippen LogP contribution >= 0.6 is 0 Å². The van der Waals surface area contributed by atoms with Crippen LogP contribution in [0, 0.1) is 5.41 Å². The van der Waals surface area contributed by atoms with Crippen LogP contribution in [0.2, 0.25) is 0 Å². The molecule has 1 fully saturated rings. The molecule has 1 N–H and O–H groups in total. The lowest BCUT2D eigenvalue weighted by atomic mass is 9.78. The molecular formula is C18H30N2O. The fraction of sp³-hybridized carbons (Fsp3) is 0.722. The molecule has 1 saturated heterocycles. The summed E-state index contributed by atoms with van der Waals surface area (Å²) in [5.41, 5.74) is 2.52. The summed E-state index contributed by atoms with van der Waals surface area (Å²) in [5.74, 6) is 1.03. The molecule has 118 valence electrons. The number of rotatable bonds is 3. The van der Waals surface area contributed by atoms with Gasteiger partial charge in [0.15, 0.2) is 0 Å². The number of pyridine rings is 1. The third-order valence-electron chi connectivity index (χ3n) is 4.97. The molecule has 0 unspecified atom stereocenters. The van der Waals surface area contributed by atoms with Crippen molar-refractivity contribution in [1.82, 2.24) is 4.98 Å². The predicted octanol–water partition coefficient (Wildman–Crippen LogP) is 3.89. The molecule has 1 aliphatic rings. The molecule has 0 radical (unpaired) electrons. The number of nitrogens with zero attached hydrogens (tertiary/aromatic N) is 2. The van der Waals surface area contributed by atoms with Gasteiger partial charge in [-0.3, -0.25) is 0 Å². The molecule has 0 saturated carbocycles. The van der Waals surface area contributed by atoms with Gasteiger partial charge in [0.25, 0.3) is 0 Å². The minimum Gasteiger partial charge on any atom is -0.392 e. The van der Waals surface area contributed by atoms with Gasteiger partial charge in [0, 0.05) is 24.2 Å². The van der Waals surface area contributed by atoms with Crippen LogP contribution in [0.5, 0.6) is 0 Å². The van der Waals surface area contributed by atoms with Crippen molar-refractivity contribution in [1.29, 1.82) is 0 Å². The summed E-state index contributed by atoms with van der Waals surface area (Å²) in [6.45, 7) is 13.4. The first-order valence-electron chi connectivity index (χ1n) is 8.15. The summed E-state index contributed by atoms with van der Waals surface area (Å²) in [7, 11) is 0. The van der Waals surface area contributed by atoms with E-state index in [0.29, 0.717) is 5.41 Å². The maximum atomic E-state index is 9.53. The van der Waals surface area contributed by atoms with Crippen LogP contribution in [0.4, 0.5) is 5.82 Å². The van der Waals surface area contributed by atoms with E-state index in [1.807, 2.05) is 12.1 Å². The van der Waals surface area contributed by atoms with E-state index < -0.39 is 0 Å². The second-order valence-electron chi connectivity index (χ2n) is 7.78. The molecule has 0 spiro atoms. The van der Waals surface area contributed by atoms with Crippen LogP contribution in [-0.2, 0) is 12.0 Å². The highest BCUT2D eigenvalue weighted by Gasteiger charge is 2.29. The van der Waals surface area contributed by atoms with E-state index in [9.17, 15) is 5.11 Å². The molecule has 1 aromatic rings. The summed E-state index contributed by atoms with van der Waals surface area (Å²) in [6.07, 6.45) is 3.69. The van der Waals surface area contributed by atoms with Gasteiger partial charge in [-0.2, -0.15) is 0 Å². The molecule has 0 aliphatic carbocycles. The Morgan fingerprint density at radius 1 is 1.24 bits per heavy atom. The topological polar surface area (TPSA) is 36.4 Å². The maximum Gasteiger partial charge on any atom is 0.129 e. The monoisotopic (exact) mass is 290 g/mol. The third-order valence-corrected chi connectivity index (χ3v) is 4.97. The molecule has 0 amide bonds. The summed E-state index contributed by atoms with van der Waals surface area (Å²) in [5, 5.41) is 9.53. The van der Waals surface area contributed by atoms with Gasteiger partial charge >= 0.3 is 0 Å². The molecule has 0 aromatic carbocycles. The number of hydrogen-bond acceptors (Lipinski definition) is 3. The van der Waals surface area contributed by atoms with Gasteiger partial charge in [0.05, 0.1) is 6.61 Å². The molecule has 21 heavy (non-hydrogen) atoms. The summed E-state index contributed by atoms with van der Waals surface area (Å²) < 4.78 is 0. The van der Waals surface area contributed by atoms with Crippen LogP contribution in [0.1, 0.15) is 65.1 Å². The highest BCUT2D eigenvalue weighted by Crippen LogP contribution is 2.36. The molecule has 0 atom stereocenters. The van der Waals surface area contributed by atoms with Crippen molar-refractivity contribution in [2.45, 2.75) is 65.9 Å². The summed E-state index contributed by atoms with van der Waals surface area (Å²) >= 11 is 0. The van der Waals surface area contributed by atoms with E-state index in [1.165, 1.54) is 19.3 Å². The second-order valence-corrected chi connectivity index (χ2v) is 7.78. The normalized spacial score (nSPS) is 18.9. The van der Waals surface area contributed by atoms with Crippen molar-refractivity contribution in [2.75, 3.05) is 18.0 Å². The lowest BCUT2D eigenvalue weighted by Crippen LogP contribution is -2.39. The van der Waals surface area contributed by atoms with Gasteiger partial charge in [0.1, 0.15) is 5.82 Å². The van der Waals surface area contributed by atoms with Crippen LogP contribution in [0.25, 0.3) is 0 Å². The number of anilines is 1. The predicted molar refractivity (Wildman–Crippen MR) is 88.7 cm³/mol. The summed E-state index contributed by atoms with van der Waals surface area (Å²) in [4.78, 5) is 7.25. The number of aliphatic hydroxyl groups excluding tert-OH is 1. The molecule has 3 heteroatoms. The van der Waals surface area contributed by atoms with E-state index in [-0.39, 0.29) is 12.0 Å². The Morgan fingerprint density at radius 3 is 2.33 bits per heavy atom. The molecule has 2 rings (SSSR count). The number of aliphatic hydroxyl groups is 1. The summed E-state index contributed by atoms with van der Waals surface area (Å²) in [6, 6.07) is 4.08. The van der Waals surface area contributed by atoms with Crippen molar-refractivity contribution in [3.8, 4) is 0 Å². The van der Waals surface area contributed by atoms with Gasteiger partial charge < -0.3 is 10.0 Å². The number of aromatic nitrogens is 1. The van der Waals surface area contributed by atoms with Crippen LogP contribution in [-0.4, -0.2) is 23.2 Å². The van der Waals surface area contributed by atoms with Crippen LogP contribution in [0.15, 0.2) is 12.1 Å². The minimum atomic E-state index is 0.00759. The van der Waals surface area contributed by atoms with Gasteiger partial charge in [0.2, 0.25) is 0 Å². The zero-order chi connectivity index (χ0) is 15.7. The Balaban J connectivity index is 2.24. The lowest BCUT2D eigenvalue weighted by molar-refractivity contribution is 0.237. The number of hydrogen-bond donors (Lipinski definition) is 1. The van der Waals surface area contributed by atoms with Gasteiger partial charge in [-0.05, 0) is 36.0 Å². The standard InChI is InChI=1S/C18H30N2O/c1-6-18(5)7-9-20(10-8-18)16-12-14(13-21)11-15(19-16)17(2,3)4/h11-12,21H,6-10,13H2,1-5H3. The van der Waals surface area contributed by atoms with Gasteiger partial charge in [-0.15, -0.1) is 0 Å². The van der Waals surface area contributed by atoms with Gasteiger partial charge in [-0.1, -0.05) is 41.0 Å². The van der Waals surface area contributed by atoms with Crippen molar-refractivity contribution >= 4 is 5.82 Å². The van der Waals surface area contributed by atoms with Crippen molar-refractivity contribution in [2.24, 2.45) is 5.41 Å². The molecule has 0 bridgehead atoms. The fourth-order valence-electron chi connectivity index (χ4n) is 2.84. The van der Waals surface area contributed by atoms with E-state index in [4.69, 9.17) is 4.98 Å². The Kier molecular flexibility index (Phi) is 4.62. The van der Waals surface area contributed by atoms with Crippen LogP contribution < -0.4 is 4.90 Å². The van der Waals surface area contributed by atoms with E-state index in [1.54, 1.807) is 0 Å². The molecule has 1 aromatic heterocycles. The largest absolute Gasteiger partial charge is 0.392 e. The average molecular weight is 290 g/mol. The Bertz CT molecular complexity index is 482. The Hall–Kier alpha value is -1.09. The first-order chi connectivity index (χ1) is 9.77.